The Kier molecular flexibility index (Phi) is 5.40. The maximum atomic E-state index is 12.4. The molecule has 4 aromatic rings. The smallest absolute Gasteiger partial charge is 0.429 e. The second-order valence-corrected chi connectivity index (χ2v) is 6.42. The normalized spacial score (nSPS) is 11.0. The Hall–Kier alpha value is -3.83. The van der Waals surface area contributed by atoms with E-state index in [1.54, 1.807) is 12.1 Å². The lowest BCUT2D eigenvalue weighted by atomic mass is 9.77. The number of hydrogen-bond acceptors (Lipinski definition) is 4. The van der Waals surface area contributed by atoms with Crippen molar-refractivity contribution >= 4 is 6.09 Å². The van der Waals surface area contributed by atoms with Gasteiger partial charge in [-0.1, -0.05) is 91.0 Å². The van der Waals surface area contributed by atoms with E-state index in [1.807, 2.05) is 91.0 Å². The van der Waals surface area contributed by atoms with Crippen molar-refractivity contribution in [1.82, 2.24) is 10.9 Å². The highest BCUT2D eigenvalue weighted by Crippen LogP contribution is 2.36. The Balaban J connectivity index is 1.76. The molecule has 29 heavy (non-hydrogen) atoms. The molecule has 5 nitrogen and oxygen atoms in total. The Bertz CT molecular complexity index is 937. The Labute approximate surface area is 168 Å². The number of amides is 1. The maximum absolute atomic E-state index is 12.4. The van der Waals surface area contributed by atoms with E-state index >= 15 is 0 Å². The van der Waals surface area contributed by atoms with Crippen molar-refractivity contribution in [3.8, 4) is 5.95 Å². The Morgan fingerprint density at radius 1 is 0.690 bits per heavy atom. The summed E-state index contributed by atoms with van der Waals surface area (Å²) in [5.74, 6) is 0.119. The zero-order valence-corrected chi connectivity index (χ0v) is 15.6. The summed E-state index contributed by atoms with van der Waals surface area (Å²) in [6.45, 7) is 0. The molecule has 1 amide bonds. The summed E-state index contributed by atoms with van der Waals surface area (Å²) in [6.07, 6.45) is 0.769. The van der Waals surface area contributed by atoms with Gasteiger partial charge in [0.1, 0.15) is 5.54 Å². The standard InChI is InChI=1S/C24H20N2O3/c27-23(29-22-17-10-18-28-22)25-26-24(19-11-4-1-5-12-19,20-13-6-2-7-14-20)21-15-8-3-9-16-21/h1-18,26H,(H,25,27). The van der Waals surface area contributed by atoms with Crippen LogP contribution in [0.1, 0.15) is 16.7 Å². The zero-order chi connectivity index (χ0) is 19.9. The summed E-state index contributed by atoms with van der Waals surface area (Å²) < 4.78 is 10.3. The molecule has 1 heterocycles. The summed E-state index contributed by atoms with van der Waals surface area (Å²) in [5.41, 5.74) is 7.99. The Morgan fingerprint density at radius 2 is 1.17 bits per heavy atom. The third-order valence-electron chi connectivity index (χ3n) is 4.66. The molecule has 5 heteroatoms. The fourth-order valence-corrected chi connectivity index (χ4v) is 3.36. The topological polar surface area (TPSA) is 63.5 Å². The molecule has 0 saturated carbocycles. The number of furan rings is 1. The highest BCUT2D eigenvalue weighted by Gasteiger charge is 2.36. The monoisotopic (exact) mass is 384 g/mol. The number of hydrazine groups is 1. The van der Waals surface area contributed by atoms with Crippen LogP contribution in [0.5, 0.6) is 5.95 Å². The first-order valence-electron chi connectivity index (χ1n) is 9.24. The second-order valence-electron chi connectivity index (χ2n) is 6.42. The molecule has 0 aliphatic rings. The Morgan fingerprint density at radius 3 is 1.59 bits per heavy atom. The van der Waals surface area contributed by atoms with Crippen LogP contribution in [0.4, 0.5) is 4.79 Å². The highest BCUT2D eigenvalue weighted by molar-refractivity contribution is 5.69. The molecule has 144 valence electrons. The molecular weight excluding hydrogens is 364 g/mol. The van der Waals surface area contributed by atoms with E-state index in [0.717, 1.165) is 16.7 Å². The number of hydrogen-bond donors (Lipinski definition) is 2. The summed E-state index contributed by atoms with van der Waals surface area (Å²) in [5, 5.41) is 0. The van der Waals surface area contributed by atoms with Gasteiger partial charge in [-0.25, -0.2) is 10.2 Å². The molecule has 0 aliphatic carbocycles. The fraction of sp³-hybridized carbons (Fsp3) is 0.0417. The van der Waals surface area contributed by atoms with Crippen LogP contribution < -0.4 is 15.6 Å². The van der Waals surface area contributed by atoms with E-state index in [9.17, 15) is 4.79 Å². The summed E-state index contributed by atoms with van der Waals surface area (Å²) in [4.78, 5) is 12.4. The largest absolute Gasteiger partial charge is 0.434 e. The van der Waals surface area contributed by atoms with Crippen LogP contribution in [0.25, 0.3) is 0 Å². The first kappa shape index (κ1) is 18.5. The fourth-order valence-electron chi connectivity index (χ4n) is 3.36. The molecule has 0 atom stereocenters. The van der Waals surface area contributed by atoms with Gasteiger partial charge in [-0.05, 0) is 22.8 Å². The molecule has 2 N–H and O–H groups in total. The number of rotatable bonds is 6. The molecule has 0 radical (unpaired) electrons. The molecule has 0 unspecified atom stereocenters. The van der Waals surface area contributed by atoms with Gasteiger partial charge in [0.15, 0.2) is 0 Å². The third kappa shape index (κ3) is 3.90. The first-order valence-corrected chi connectivity index (χ1v) is 9.24. The van der Waals surface area contributed by atoms with Crippen molar-refractivity contribution in [3.63, 3.8) is 0 Å². The van der Waals surface area contributed by atoms with E-state index in [4.69, 9.17) is 9.15 Å². The van der Waals surface area contributed by atoms with Crippen LogP contribution >= 0.6 is 0 Å². The maximum Gasteiger partial charge on any atom is 0.429 e. The van der Waals surface area contributed by atoms with Gasteiger partial charge in [0.05, 0.1) is 6.26 Å². The molecule has 0 spiro atoms. The second kappa shape index (κ2) is 8.46. The minimum atomic E-state index is -0.827. The van der Waals surface area contributed by atoms with Crippen LogP contribution in [-0.4, -0.2) is 6.09 Å². The molecule has 1 aromatic heterocycles. The minimum Gasteiger partial charge on any atom is -0.434 e. The van der Waals surface area contributed by atoms with E-state index in [2.05, 4.69) is 10.9 Å². The highest BCUT2D eigenvalue weighted by atomic mass is 16.6. The molecular formula is C24H20N2O3. The average Bonchev–Trinajstić information content (AvgIpc) is 3.29. The third-order valence-corrected chi connectivity index (χ3v) is 4.66. The van der Waals surface area contributed by atoms with Crippen LogP contribution in [0, 0.1) is 0 Å². The number of ether oxygens (including phenoxy) is 1. The molecule has 3 aromatic carbocycles. The quantitative estimate of drug-likeness (QED) is 0.368. The van der Waals surface area contributed by atoms with Crippen molar-refractivity contribution in [2.75, 3.05) is 0 Å². The predicted octanol–water partition coefficient (Wildman–Crippen LogP) is 4.86. The summed E-state index contributed by atoms with van der Waals surface area (Å²) in [7, 11) is 0. The van der Waals surface area contributed by atoms with Gasteiger partial charge in [-0.3, -0.25) is 5.43 Å². The van der Waals surface area contributed by atoms with E-state index in [1.165, 1.54) is 6.26 Å². The van der Waals surface area contributed by atoms with Gasteiger partial charge < -0.3 is 9.15 Å². The predicted molar refractivity (Wildman–Crippen MR) is 110 cm³/mol. The number of nitrogens with one attached hydrogen (secondary N) is 2. The number of carbonyl (C=O) groups excluding carboxylic acids is 1. The van der Waals surface area contributed by atoms with Gasteiger partial charge >= 0.3 is 6.09 Å². The van der Waals surface area contributed by atoms with Gasteiger partial charge in [0.25, 0.3) is 5.95 Å². The molecule has 0 bridgehead atoms. The van der Waals surface area contributed by atoms with Crippen LogP contribution in [-0.2, 0) is 5.54 Å². The van der Waals surface area contributed by atoms with Gasteiger partial charge in [-0.2, -0.15) is 0 Å². The number of benzene rings is 3. The van der Waals surface area contributed by atoms with Crippen molar-refractivity contribution in [3.05, 3.63) is 126 Å². The minimum absolute atomic E-state index is 0.119. The summed E-state index contributed by atoms with van der Waals surface area (Å²) >= 11 is 0. The SMILES string of the molecule is O=C(NNC(c1ccccc1)(c1ccccc1)c1ccccc1)Oc1ccco1. The van der Waals surface area contributed by atoms with Crippen molar-refractivity contribution in [1.29, 1.82) is 0 Å². The van der Waals surface area contributed by atoms with Gasteiger partial charge in [0, 0.05) is 6.07 Å². The first-order chi connectivity index (χ1) is 14.3. The summed E-state index contributed by atoms with van der Waals surface area (Å²) in [6, 6.07) is 33.1. The number of carbonyl (C=O) groups is 1. The van der Waals surface area contributed by atoms with Crippen LogP contribution in [0.3, 0.4) is 0 Å². The average molecular weight is 384 g/mol. The molecule has 0 fully saturated rings. The lowest BCUT2D eigenvalue weighted by Crippen LogP contribution is -2.54. The van der Waals surface area contributed by atoms with E-state index in [-0.39, 0.29) is 5.95 Å². The zero-order valence-electron chi connectivity index (χ0n) is 15.6. The molecule has 4 rings (SSSR count). The van der Waals surface area contributed by atoms with Crippen molar-refractivity contribution in [2.24, 2.45) is 0 Å². The van der Waals surface area contributed by atoms with E-state index in [0.29, 0.717) is 0 Å². The van der Waals surface area contributed by atoms with Crippen LogP contribution in [0.2, 0.25) is 0 Å². The van der Waals surface area contributed by atoms with Crippen molar-refractivity contribution in [2.45, 2.75) is 5.54 Å². The lowest BCUT2D eigenvalue weighted by molar-refractivity contribution is 0.177. The van der Waals surface area contributed by atoms with E-state index < -0.39 is 11.6 Å². The molecule has 0 aliphatic heterocycles. The lowest BCUT2D eigenvalue weighted by Gasteiger charge is -2.36. The van der Waals surface area contributed by atoms with Gasteiger partial charge in [0.2, 0.25) is 0 Å². The van der Waals surface area contributed by atoms with Gasteiger partial charge in [-0.15, -0.1) is 0 Å². The van der Waals surface area contributed by atoms with Crippen molar-refractivity contribution < 1.29 is 13.9 Å². The molecule has 0 saturated heterocycles. The van der Waals surface area contributed by atoms with Crippen LogP contribution in [0.15, 0.2) is 114 Å².